The van der Waals surface area contributed by atoms with Gasteiger partial charge < -0.3 is 5.73 Å². The third-order valence-corrected chi connectivity index (χ3v) is 4.93. The van der Waals surface area contributed by atoms with Gasteiger partial charge in [0.1, 0.15) is 17.5 Å². The number of nitrogens with zero attached hydrogens (tertiary/aromatic N) is 3. The maximum absolute atomic E-state index is 12.6. The van der Waals surface area contributed by atoms with E-state index in [0.717, 1.165) is 24.8 Å². The van der Waals surface area contributed by atoms with Gasteiger partial charge in [0.25, 0.3) is 0 Å². The van der Waals surface area contributed by atoms with E-state index in [2.05, 4.69) is 16.0 Å². The number of ketones is 1. The molecule has 1 aromatic carbocycles. The molecule has 1 aromatic heterocycles. The van der Waals surface area contributed by atoms with E-state index in [4.69, 9.17) is 11.0 Å². The third kappa shape index (κ3) is 3.20. The number of rotatable bonds is 4. The van der Waals surface area contributed by atoms with E-state index < -0.39 is 0 Å². The minimum Gasteiger partial charge on any atom is -0.382 e. The van der Waals surface area contributed by atoms with E-state index in [1.54, 1.807) is 0 Å². The molecule has 23 heavy (non-hydrogen) atoms. The average molecular weight is 324 g/mol. The van der Waals surface area contributed by atoms with Crippen molar-refractivity contribution in [1.82, 2.24) is 9.97 Å². The van der Waals surface area contributed by atoms with Crippen LogP contribution in [0.2, 0.25) is 0 Å². The van der Waals surface area contributed by atoms with Crippen LogP contribution in [-0.4, -0.2) is 21.0 Å². The number of carbonyl (C=O) groups is 1. The molecule has 0 fully saturated rings. The number of carbonyl (C=O) groups excluding carboxylic acids is 1. The number of nitriles is 1. The highest BCUT2D eigenvalue weighted by Gasteiger charge is 2.20. The molecular formula is C17H16N4OS. The molecular weight excluding hydrogens is 308 g/mol. The lowest BCUT2D eigenvalue weighted by atomic mass is 10.0. The fraction of sp³-hybridized carbons (Fsp3) is 0.294. The Labute approximate surface area is 138 Å². The van der Waals surface area contributed by atoms with E-state index in [-0.39, 0.29) is 22.4 Å². The molecule has 3 rings (SSSR count). The number of benzene rings is 1. The summed E-state index contributed by atoms with van der Waals surface area (Å²) in [6.45, 7) is 1.83. The predicted molar refractivity (Wildman–Crippen MR) is 89.3 cm³/mol. The highest BCUT2D eigenvalue weighted by Crippen LogP contribution is 2.27. The Morgan fingerprint density at radius 2 is 2.17 bits per heavy atom. The number of nitrogens with two attached hydrogens (primary N) is 1. The van der Waals surface area contributed by atoms with Gasteiger partial charge in [-0.25, -0.2) is 9.97 Å². The van der Waals surface area contributed by atoms with Gasteiger partial charge in [0.15, 0.2) is 10.9 Å². The average Bonchev–Trinajstić information content (AvgIpc) is 3.01. The van der Waals surface area contributed by atoms with Crippen LogP contribution in [0.3, 0.4) is 0 Å². The fourth-order valence-corrected chi connectivity index (χ4v) is 3.52. The summed E-state index contributed by atoms with van der Waals surface area (Å²) < 4.78 is 0. The van der Waals surface area contributed by atoms with Crippen molar-refractivity contribution in [1.29, 1.82) is 5.26 Å². The Hall–Kier alpha value is -2.39. The first-order valence-electron chi connectivity index (χ1n) is 7.44. The lowest BCUT2D eigenvalue weighted by Crippen LogP contribution is -2.14. The van der Waals surface area contributed by atoms with Crippen LogP contribution in [0.25, 0.3) is 0 Å². The Balaban J connectivity index is 1.75. The molecule has 0 saturated heterocycles. The van der Waals surface area contributed by atoms with Crippen LogP contribution in [0.4, 0.5) is 5.82 Å². The lowest BCUT2D eigenvalue weighted by molar-refractivity contribution is 0.0994. The fourth-order valence-electron chi connectivity index (χ4n) is 2.69. The smallest absolute Gasteiger partial charge is 0.190 e. The standard InChI is InChI=1S/C17H16N4OS/c1-10(23-17-20-9-14(8-18)16(19)21-17)15(22)13-6-5-11-3-2-4-12(11)7-13/h5-7,9-10H,2-4H2,1H3,(H2,19,20,21). The van der Waals surface area contributed by atoms with Crippen molar-refractivity contribution in [3.05, 3.63) is 46.6 Å². The Kier molecular flexibility index (Phi) is 4.30. The summed E-state index contributed by atoms with van der Waals surface area (Å²) in [7, 11) is 0. The second-order valence-corrected chi connectivity index (χ2v) is 6.83. The van der Waals surface area contributed by atoms with E-state index in [1.165, 1.54) is 29.1 Å². The van der Waals surface area contributed by atoms with Gasteiger partial charge in [0.05, 0.1) is 11.4 Å². The first-order valence-corrected chi connectivity index (χ1v) is 8.31. The van der Waals surface area contributed by atoms with E-state index >= 15 is 0 Å². The largest absolute Gasteiger partial charge is 0.382 e. The van der Waals surface area contributed by atoms with Crippen molar-refractivity contribution >= 4 is 23.4 Å². The van der Waals surface area contributed by atoms with E-state index in [1.807, 2.05) is 25.1 Å². The quantitative estimate of drug-likeness (QED) is 0.528. The zero-order valence-corrected chi connectivity index (χ0v) is 13.6. The molecule has 1 aliphatic rings. The van der Waals surface area contributed by atoms with E-state index in [9.17, 15) is 4.79 Å². The summed E-state index contributed by atoms with van der Waals surface area (Å²) in [4.78, 5) is 20.8. The number of aromatic nitrogens is 2. The van der Waals surface area contributed by atoms with Crippen LogP contribution in [-0.2, 0) is 12.8 Å². The Morgan fingerprint density at radius 3 is 2.91 bits per heavy atom. The van der Waals surface area contributed by atoms with Crippen LogP contribution < -0.4 is 5.73 Å². The molecule has 2 aromatic rings. The first kappa shape index (κ1) is 15.5. The molecule has 6 heteroatoms. The van der Waals surface area contributed by atoms with Crippen LogP contribution >= 0.6 is 11.8 Å². The number of hydrogen-bond acceptors (Lipinski definition) is 6. The van der Waals surface area contributed by atoms with Crippen molar-refractivity contribution in [3.63, 3.8) is 0 Å². The molecule has 1 atom stereocenters. The molecule has 1 unspecified atom stereocenters. The summed E-state index contributed by atoms with van der Waals surface area (Å²) in [6.07, 6.45) is 4.70. The SMILES string of the molecule is CC(Sc1ncc(C#N)c(N)n1)C(=O)c1ccc2c(c1)CCC2. The second kappa shape index (κ2) is 6.39. The second-order valence-electron chi connectivity index (χ2n) is 5.52. The minimum absolute atomic E-state index is 0.0521. The topological polar surface area (TPSA) is 92.7 Å². The molecule has 2 N–H and O–H groups in total. The highest BCUT2D eigenvalue weighted by molar-refractivity contribution is 8.00. The van der Waals surface area contributed by atoms with Gasteiger partial charge in [0, 0.05) is 5.56 Å². The summed E-state index contributed by atoms with van der Waals surface area (Å²) in [5.41, 5.74) is 9.29. The van der Waals surface area contributed by atoms with Crippen molar-refractivity contribution in [2.75, 3.05) is 5.73 Å². The van der Waals surface area contributed by atoms with Crippen LogP contribution in [0.1, 0.15) is 40.4 Å². The molecule has 0 amide bonds. The van der Waals surface area contributed by atoms with Gasteiger partial charge in [-0.1, -0.05) is 23.9 Å². The van der Waals surface area contributed by atoms with Gasteiger partial charge in [-0.3, -0.25) is 4.79 Å². The van der Waals surface area contributed by atoms with Crippen molar-refractivity contribution in [2.24, 2.45) is 0 Å². The molecule has 5 nitrogen and oxygen atoms in total. The van der Waals surface area contributed by atoms with Gasteiger partial charge in [-0.2, -0.15) is 5.26 Å². The maximum Gasteiger partial charge on any atom is 0.190 e. The number of Topliss-reactive ketones (excluding diaryl/α,β-unsaturated/α-hetero) is 1. The van der Waals surface area contributed by atoms with Gasteiger partial charge in [-0.15, -0.1) is 0 Å². The minimum atomic E-state index is -0.318. The zero-order chi connectivity index (χ0) is 16.4. The molecule has 0 aliphatic heterocycles. The molecule has 1 aliphatic carbocycles. The summed E-state index contributed by atoms with van der Waals surface area (Å²) in [5, 5.41) is 8.92. The Morgan fingerprint density at radius 1 is 1.39 bits per heavy atom. The molecule has 0 bridgehead atoms. The van der Waals surface area contributed by atoms with Crippen LogP contribution in [0.5, 0.6) is 0 Å². The number of fused-ring (bicyclic) bond motifs is 1. The summed E-state index contributed by atoms with van der Waals surface area (Å²) in [5.74, 6) is 0.193. The number of anilines is 1. The van der Waals surface area contributed by atoms with Gasteiger partial charge >= 0.3 is 0 Å². The summed E-state index contributed by atoms with van der Waals surface area (Å²) in [6, 6.07) is 7.89. The van der Waals surface area contributed by atoms with Crippen LogP contribution in [0.15, 0.2) is 29.6 Å². The number of thioether (sulfide) groups is 1. The third-order valence-electron chi connectivity index (χ3n) is 3.95. The molecule has 0 radical (unpaired) electrons. The first-order chi connectivity index (χ1) is 11.1. The summed E-state index contributed by atoms with van der Waals surface area (Å²) >= 11 is 1.25. The highest BCUT2D eigenvalue weighted by atomic mass is 32.2. The number of nitrogen functional groups attached to an aromatic ring is 1. The zero-order valence-electron chi connectivity index (χ0n) is 12.7. The van der Waals surface area contributed by atoms with E-state index in [0.29, 0.717) is 5.16 Å². The predicted octanol–water partition coefficient (Wildman–Crippen LogP) is 2.78. The van der Waals surface area contributed by atoms with Gasteiger partial charge in [-0.05, 0) is 43.4 Å². The van der Waals surface area contributed by atoms with Crippen molar-refractivity contribution in [2.45, 2.75) is 36.6 Å². The number of aryl methyl sites for hydroxylation is 2. The van der Waals surface area contributed by atoms with Gasteiger partial charge in [0.2, 0.25) is 0 Å². The molecule has 0 spiro atoms. The van der Waals surface area contributed by atoms with Crippen LogP contribution in [0, 0.1) is 11.3 Å². The maximum atomic E-state index is 12.6. The number of hydrogen-bond donors (Lipinski definition) is 1. The lowest BCUT2D eigenvalue weighted by Gasteiger charge is -2.11. The molecule has 116 valence electrons. The monoisotopic (exact) mass is 324 g/mol. The van der Waals surface area contributed by atoms with Crippen molar-refractivity contribution < 1.29 is 4.79 Å². The molecule has 0 saturated carbocycles. The normalized spacial score (nSPS) is 14.1. The van der Waals surface area contributed by atoms with Crippen molar-refractivity contribution in [3.8, 4) is 6.07 Å². The Bertz CT molecular complexity index is 813. The molecule has 1 heterocycles.